The fraction of sp³-hybridized carbons (Fsp3) is 0.0400. The Morgan fingerprint density at radius 2 is 1.28 bits per heavy atom. The number of hydrogen-bond donors (Lipinski definition) is 0. The van der Waals surface area contributed by atoms with Gasteiger partial charge < -0.3 is 14.2 Å². The van der Waals surface area contributed by atoms with Crippen molar-refractivity contribution in [3.05, 3.63) is 90.5 Å². The normalized spacial score (nSPS) is 12.8. The van der Waals surface area contributed by atoms with Gasteiger partial charge in [0.2, 0.25) is 0 Å². The summed E-state index contributed by atoms with van der Waals surface area (Å²) in [6, 6.07) is 28.3. The Morgan fingerprint density at radius 1 is 0.621 bits per heavy atom. The van der Waals surface area contributed by atoms with E-state index in [-0.39, 0.29) is 6.71 Å². The van der Waals surface area contributed by atoms with E-state index in [1.807, 2.05) is 73.7 Å². The minimum atomic E-state index is 0.0512. The van der Waals surface area contributed by atoms with Crippen LogP contribution in [-0.2, 0) is 0 Å². The van der Waals surface area contributed by atoms with Crippen molar-refractivity contribution in [3.8, 4) is 34.5 Å². The van der Waals surface area contributed by atoms with E-state index in [4.69, 9.17) is 14.2 Å². The van der Waals surface area contributed by atoms with Crippen LogP contribution in [-0.4, -0.2) is 6.71 Å². The summed E-state index contributed by atoms with van der Waals surface area (Å²) < 4.78 is 18.8. The highest BCUT2D eigenvalue weighted by molar-refractivity contribution is 6.98. The Morgan fingerprint density at radius 3 is 2.17 bits per heavy atom. The third-order valence-electron chi connectivity index (χ3n) is 5.61. The maximum Gasteiger partial charge on any atom is 0.260 e. The molecule has 0 amide bonds. The van der Waals surface area contributed by atoms with Crippen LogP contribution in [0.5, 0.6) is 34.5 Å². The van der Waals surface area contributed by atoms with E-state index in [9.17, 15) is 0 Å². The second-order valence-corrected chi connectivity index (χ2v) is 7.38. The standard InChI is InChI=1S/C25H17BO3/c1-16-8-2-4-11-19(16)27-23-15-6-10-18-25(23)29-22-14-7-13-21-24(22)26(18)17-9-3-5-12-20(17)28-21/h2-15H,1H3. The number of ether oxygens (including phenoxy) is 3. The molecule has 2 aliphatic heterocycles. The molecular weight excluding hydrogens is 359 g/mol. The highest BCUT2D eigenvalue weighted by Crippen LogP contribution is 2.39. The quantitative estimate of drug-likeness (QED) is 0.416. The molecule has 2 aliphatic rings. The fourth-order valence-electron chi connectivity index (χ4n) is 4.24. The lowest BCUT2D eigenvalue weighted by atomic mass is 9.35. The zero-order valence-corrected chi connectivity index (χ0v) is 15.9. The summed E-state index contributed by atoms with van der Waals surface area (Å²) in [6.45, 7) is 2.09. The van der Waals surface area contributed by atoms with Crippen LogP contribution in [0.4, 0.5) is 0 Å². The van der Waals surface area contributed by atoms with Gasteiger partial charge in [0.1, 0.15) is 23.0 Å². The van der Waals surface area contributed by atoms with Crippen molar-refractivity contribution >= 4 is 23.1 Å². The van der Waals surface area contributed by atoms with Crippen LogP contribution in [0.25, 0.3) is 0 Å². The van der Waals surface area contributed by atoms with E-state index >= 15 is 0 Å². The van der Waals surface area contributed by atoms with Crippen molar-refractivity contribution in [2.45, 2.75) is 6.92 Å². The van der Waals surface area contributed by atoms with E-state index in [1.54, 1.807) is 0 Å². The average molecular weight is 376 g/mol. The molecule has 0 N–H and O–H groups in total. The molecule has 0 radical (unpaired) electrons. The molecule has 29 heavy (non-hydrogen) atoms. The van der Waals surface area contributed by atoms with Gasteiger partial charge in [-0.05, 0) is 53.7 Å². The fourth-order valence-corrected chi connectivity index (χ4v) is 4.24. The topological polar surface area (TPSA) is 27.7 Å². The van der Waals surface area contributed by atoms with Crippen LogP contribution < -0.4 is 30.6 Å². The van der Waals surface area contributed by atoms with Gasteiger partial charge >= 0.3 is 0 Å². The number of para-hydroxylation sites is 3. The van der Waals surface area contributed by atoms with Crippen LogP contribution in [0.15, 0.2) is 84.9 Å². The van der Waals surface area contributed by atoms with Crippen molar-refractivity contribution < 1.29 is 14.2 Å². The van der Waals surface area contributed by atoms with E-state index in [0.717, 1.165) is 56.4 Å². The van der Waals surface area contributed by atoms with Gasteiger partial charge in [-0.15, -0.1) is 0 Å². The van der Waals surface area contributed by atoms with E-state index in [0.29, 0.717) is 0 Å². The lowest BCUT2D eigenvalue weighted by molar-refractivity contribution is 0.416. The maximum atomic E-state index is 6.38. The van der Waals surface area contributed by atoms with Crippen LogP contribution >= 0.6 is 0 Å². The van der Waals surface area contributed by atoms with Gasteiger partial charge in [0.25, 0.3) is 6.71 Å². The third-order valence-corrected chi connectivity index (χ3v) is 5.61. The van der Waals surface area contributed by atoms with Crippen LogP contribution in [0.2, 0.25) is 0 Å². The second-order valence-electron chi connectivity index (χ2n) is 7.38. The van der Waals surface area contributed by atoms with E-state index in [2.05, 4.69) is 18.2 Å². The molecule has 0 saturated carbocycles. The Balaban J connectivity index is 1.55. The second kappa shape index (κ2) is 6.18. The van der Waals surface area contributed by atoms with Crippen LogP contribution in [0.3, 0.4) is 0 Å². The van der Waals surface area contributed by atoms with Crippen LogP contribution in [0.1, 0.15) is 5.56 Å². The van der Waals surface area contributed by atoms with Gasteiger partial charge in [0.05, 0.1) is 0 Å². The summed E-state index contributed by atoms with van der Waals surface area (Å²) in [5.74, 6) is 4.87. The molecule has 0 fully saturated rings. The molecule has 0 atom stereocenters. The van der Waals surface area contributed by atoms with E-state index in [1.165, 1.54) is 0 Å². The van der Waals surface area contributed by atoms with Crippen LogP contribution in [0, 0.1) is 6.92 Å². The zero-order valence-electron chi connectivity index (χ0n) is 15.9. The van der Waals surface area contributed by atoms with Crippen molar-refractivity contribution in [1.82, 2.24) is 0 Å². The summed E-state index contributed by atoms with van der Waals surface area (Å²) in [5, 5.41) is 0. The smallest absolute Gasteiger partial charge is 0.260 e. The Kier molecular flexibility index (Phi) is 3.47. The molecule has 0 saturated heterocycles. The molecule has 0 aliphatic carbocycles. The van der Waals surface area contributed by atoms with Gasteiger partial charge in [-0.2, -0.15) is 0 Å². The van der Waals surface area contributed by atoms with Crippen molar-refractivity contribution in [1.29, 1.82) is 0 Å². The average Bonchev–Trinajstić information content (AvgIpc) is 2.75. The first-order valence-electron chi connectivity index (χ1n) is 9.73. The SMILES string of the molecule is Cc1ccccc1Oc1cccc2c1Oc1cccc3c1B2c1ccccc1O3. The van der Waals surface area contributed by atoms with E-state index < -0.39 is 0 Å². The minimum absolute atomic E-state index is 0.0512. The first kappa shape index (κ1) is 16.3. The van der Waals surface area contributed by atoms with Gasteiger partial charge in [0.15, 0.2) is 11.5 Å². The summed E-state index contributed by atoms with van der Waals surface area (Å²) in [6.07, 6.45) is 0. The highest BCUT2D eigenvalue weighted by atomic mass is 16.5. The molecule has 4 aromatic rings. The van der Waals surface area contributed by atoms with Gasteiger partial charge in [-0.25, -0.2) is 0 Å². The van der Waals surface area contributed by atoms with Gasteiger partial charge in [-0.3, -0.25) is 0 Å². The largest absolute Gasteiger partial charge is 0.458 e. The lowest BCUT2D eigenvalue weighted by Gasteiger charge is -2.33. The number of aryl methyl sites for hydroxylation is 1. The molecule has 0 bridgehead atoms. The Bertz CT molecular complexity index is 1260. The molecule has 2 heterocycles. The number of benzene rings is 4. The first-order chi connectivity index (χ1) is 14.3. The summed E-state index contributed by atoms with van der Waals surface area (Å²) in [5.41, 5.74) is 4.39. The molecule has 4 heteroatoms. The number of hydrogen-bond acceptors (Lipinski definition) is 3. The Labute approximate surface area is 169 Å². The first-order valence-corrected chi connectivity index (χ1v) is 9.73. The predicted octanol–water partition coefficient (Wildman–Crippen LogP) is 4.51. The number of rotatable bonds is 2. The Hall–Kier alpha value is -3.66. The van der Waals surface area contributed by atoms with Crippen molar-refractivity contribution in [2.75, 3.05) is 0 Å². The molecule has 138 valence electrons. The lowest BCUT2D eigenvalue weighted by Crippen LogP contribution is -2.57. The van der Waals surface area contributed by atoms with Crippen molar-refractivity contribution in [3.63, 3.8) is 0 Å². The molecule has 0 unspecified atom stereocenters. The molecule has 4 aromatic carbocycles. The third kappa shape index (κ3) is 2.46. The zero-order chi connectivity index (χ0) is 19.4. The van der Waals surface area contributed by atoms with Gasteiger partial charge in [-0.1, -0.05) is 54.6 Å². The molecule has 0 aromatic heterocycles. The molecule has 0 spiro atoms. The molecule has 6 rings (SSSR count). The van der Waals surface area contributed by atoms with Crippen molar-refractivity contribution in [2.24, 2.45) is 0 Å². The maximum absolute atomic E-state index is 6.38. The highest BCUT2D eigenvalue weighted by Gasteiger charge is 2.40. The molecule has 3 nitrogen and oxygen atoms in total. The number of fused-ring (bicyclic) bond motifs is 4. The van der Waals surface area contributed by atoms with Gasteiger partial charge in [0, 0.05) is 5.46 Å². The monoisotopic (exact) mass is 376 g/mol. The predicted molar refractivity (Wildman–Crippen MR) is 115 cm³/mol. The molecular formula is C25H17BO3. The minimum Gasteiger partial charge on any atom is -0.458 e. The summed E-state index contributed by atoms with van der Waals surface area (Å²) >= 11 is 0. The summed E-state index contributed by atoms with van der Waals surface area (Å²) in [7, 11) is 0. The summed E-state index contributed by atoms with van der Waals surface area (Å²) in [4.78, 5) is 0.